The Morgan fingerprint density at radius 3 is 2.53 bits per heavy atom. The van der Waals surface area contributed by atoms with Crippen molar-refractivity contribution in [3.63, 3.8) is 0 Å². The van der Waals surface area contributed by atoms with Crippen molar-refractivity contribution in [3.05, 3.63) is 0 Å². The molecule has 0 saturated carbocycles. The second-order valence-corrected chi connectivity index (χ2v) is 5.56. The summed E-state index contributed by atoms with van der Waals surface area (Å²) in [5, 5.41) is 0. The van der Waals surface area contributed by atoms with E-state index in [0.29, 0.717) is 31.0 Å². The number of thiocarbonyl (C=S) groups is 1. The van der Waals surface area contributed by atoms with Crippen LogP contribution >= 0.6 is 12.2 Å². The molecule has 0 aromatic rings. The zero-order chi connectivity index (χ0) is 14.5. The first-order chi connectivity index (χ1) is 9.01. The molecule has 0 radical (unpaired) electrons. The Labute approximate surface area is 121 Å². The average molecular weight is 286 g/mol. The standard InChI is InChI=1S/C14H26N2O2S/c1-4-14(5-2,12(15)19)13(17)16-9-7-8-11(10-16)18-6-3/h11H,4-10H2,1-3H3,(H2,15,19). The Hall–Kier alpha value is -0.680. The highest BCUT2D eigenvalue weighted by molar-refractivity contribution is 7.80. The Morgan fingerprint density at radius 2 is 2.05 bits per heavy atom. The van der Waals surface area contributed by atoms with Crippen LogP contribution in [-0.4, -0.2) is 41.6 Å². The van der Waals surface area contributed by atoms with Crippen molar-refractivity contribution in [2.75, 3.05) is 19.7 Å². The summed E-state index contributed by atoms with van der Waals surface area (Å²) >= 11 is 5.15. The van der Waals surface area contributed by atoms with Crippen molar-refractivity contribution in [2.24, 2.45) is 11.1 Å². The molecule has 0 aromatic carbocycles. The molecule has 1 amide bonds. The first kappa shape index (κ1) is 16.4. The molecule has 1 heterocycles. The first-order valence-electron chi connectivity index (χ1n) is 7.22. The molecular weight excluding hydrogens is 260 g/mol. The lowest BCUT2D eigenvalue weighted by molar-refractivity contribution is -0.142. The predicted molar refractivity (Wildman–Crippen MR) is 81.0 cm³/mol. The average Bonchev–Trinajstić information content (AvgIpc) is 2.41. The molecule has 4 nitrogen and oxygen atoms in total. The quantitative estimate of drug-likeness (QED) is 0.760. The summed E-state index contributed by atoms with van der Waals surface area (Å²) in [6, 6.07) is 0. The zero-order valence-corrected chi connectivity index (χ0v) is 13.1. The number of likely N-dealkylation sites (tertiary alicyclic amines) is 1. The van der Waals surface area contributed by atoms with Gasteiger partial charge in [0.05, 0.1) is 16.5 Å². The van der Waals surface area contributed by atoms with E-state index in [1.807, 2.05) is 25.7 Å². The number of hydrogen-bond donors (Lipinski definition) is 1. The summed E-state index contributed by atoms with van der Waals surface area (Å²) in [5.74, 6) is 0.0782. The predicted octanol–water partition coefficient (Wildman–Crippen LogP) is 2.11. The van der Waals surface area contributed by atoms with Crippen molar-refractivity contribution >= 4 is 23.1 Å². The van der Waals surface area contributed by atoms with Gasteiger partial charge in [-0.05, 0) is 32.6 Å². The van der Waals surface area contributed by atoms with Gasteiger partial charge in [0.2, 0.25) is 5.91 Å². The van der Waals surface area contributed by atoms with Crippen LogP contribution in [0.4, 0.5) is 0 Å². The largest absolute Gasteiger partial charge is 0.392 e. The molecule has 1 saturated heterocycles. The minimum Gasteiger partial charge on any atom is -0.392 e. The van der Waals surface area contributed by atoms with Crippen LogP contribution in [0.15, 0.2) is 0 Å². The van der Waals surface area contributed by atoms with E-state index in [2.05, 4.69) is 0 Å². The number of rotatable bonds is 6. The van der Waals surface area contributed by atoms with E-state index in [-0.39, 0.29) is 12.0 Å². The molecule has 0 spiro atoms. The van der Waals surface area contributed by atoms with Crippen molar-refractivity contribution in [1.82, 2.24) is 4.90 Å². The molecule has 110 valence electrons. The fourth-order valence-electron chi connectivity index (χ4n) is 2.80. The topological polar surface area (TPSA) is 55.6 Å². The fraction of sp³-hybridized carbons (Fsp3) is 0.857. The van der Waals surface area contributed by atoms with Gasteiger partial charge in [-0.2, -0.15) is 0 Å². The maximum atomic E-state index is 12.8. The number of carbonyl (C=O) groups excluding carboxylic acids is 1. The molecule has 2 N–H and O–H groups in total. The number of ether oxygens (including phenoxy) is 1. The van der Waals surface area contributed by atoms with Gasteiger partial charge in [-0.25, -0.2) is 0 Å². The number of carbonyl (C=O) groups is 1. The molecule has 1 fully saturated rings. The summed E-state index contributed by atoms with van der Waals surface area (Å²) in [7, 11) is 0. The van der Waals surface area contributed by atoms with E-state index < -0.39 is 5.41 Å². The van der Waals surface area contributed by atoms with E-state index in [9.17, 15) is 4.79 Å². The van der Waals surface area contributed by atoms with Crippen molar-refractivity contribution in [1.29, 1.82) is 0 Å². The highest BCUT2D eigenvalue weighted by Gasteiger charge is 2.42. The third-order valence-electron chi connectivity index (χ3n) is 4.16. The minimum atomic E-state index is -0.677. The van der Waals surface area contributed by atoms with Gasteiger partial charge in [0.1, 0.15) is 0 Å². The summed E-state index contributed by atoms with van der Waals surface area (Å²) < 4.78 is 5.65. The summed E-state index contributed by atoms with van der Waals surface area (Å²) in [6.45, 7) is 8.08. The van der Waals surface area contributed by atoms with Gasteiger partial charge in [0.15, 0.2) is 0 Å². The van der Waals surface area contributed by atoms with Gasteiger partial charge in [0, 0.05) is 19.7 Å². The molecule has 1 atom stereocenters. The zero-order valence-electron chi connectivity index (χ0n) is 12.3. The smallest absolute Gasteiger partial charge is 0.235 e. The number of piperidine rings is 1. The van der Waals surface area contributed by atoms with Gasteiger partial charge in [-0.3, -0.25) is 4.79 Å². The normalized spacial score (nSPS) is 20.4. The van der Waals surface area contributed by atoms with Crippen LogP contribution in [0.2, 0.25) is 0 Å². The molecule has 0 aromatic heterocycles. The van der Waals surface area contributed by atoms with Gasteiger partial charge in [-0.1, -0.05) is 26.1 Å². The van der Waals surface area contributed by atoms with Crippen LogP contribution in [0.1, 0.15) is 46.5 Å². The molecule has 0 aliphatic carbocycles. The molecule has 1 aliphatic heterocycles. The van der Waals surface area contributed by atoms with Gasteiger partial charge in [-0.15, -0.1) is 0 Å². The Balaban J connectivity index is 2.82. The molecule has 1 aliphatic rings. The van der Waals surface area contributed by atoms with Gasteiger partial charge < -0.3 is 15.4 Å². The second kappa shape index (κ2) is 7.20. The Bertz CT molecular complexity index is 327. The first-order valence-corrected chi connectivity index (χ1v) is 7.63. The van der Waals surface area contributed by atoms with Gasteiger partial charge in [0.25, 0.3) is 0 Å². The number of nitrogens with two attached hydrogens (primary N) is 1. The fourth-order valence-corrected chi connectivity index (χ4v) is 3.18. The summed E-state index contributed by atoms with van der Waals surface area (Å²) in [5.41, 5.74) is 5.17. The van der Waals surface area contributed by atoms with Crippen LogP contribution in [0.5, 0.6) is 0 Å². The monoisotopic (exact) mass is 286 g/mol. The second-order valence-electron chi connectivity index (χ2n) is 5.12. The summed E-state index contributed by atoms with van der Waals surface area (Å²) in [6.07, 6.45) is 3.48. The lowest BCUT2D eigenvalue weighted by Crippen LogP contribution is -2.53. The molecular formula is C14H26N2O2S. The van der Waals surface area contributed by atoms with Gasteiger partial charge >= 0.3 is 0 Å². The maximum absolute atomic E-state index is 12.8. The third kappa shape index (κ3) is 3.45. The molecule has 5 heteroatoms. The molecule has 1 unspecified atom stereocenters. The van der Waals surface area contributed by atoms with Crippen molar-refractivity contribution in [2.45, 2.75) is 52.6 Å². The van der Waals surface area contributed by atoms with Crippen molar-refractivity contribution < 1.29 is 9.53 Å². The number of nitrogens with zero attached hydrogens (tertiary/aromatic N) is 1. The molecule has 0 bridgehead atoms. The minimum absolute atomic E-state index is 0.0782. The van der Waals surface area contributed by atoms with E-state index in [4.69, 9.17) is 22.7 Å². The van der Waals surface area contributed by atoms with E-state index in [1.165, 1.54) is 0 Å². The lowest BCUT2D eigenvalue weighted by atomic mass is 9.80. The van der Waals surface area contributed by atoms with Crippen LogP contribution in [-0.2, 0) is 9.53 Å². The van der Waals surface area contributed by atoms with E-state index >= 15 is 0 Å². The van der Waals surface area contributed by atoms with Crippen LogP contribution in [0.3, 0.4) is 0 Å². The highest BCUT2D eigenvalue weighted by Crippen LogP contribution is 2.31. The third-order valence-corrected chi connectivity index (χ3v) is 4.55. The number of amides is 1. The molecule has 1 rings (SSSR count). The van der Waals surface area contributed by atoms with Crippen molar-refractivity contribution in [3.8, 4) is 0 Å². The number of hydrogen-bond acceptors (Lipinski definition) is 3. The van der Waals surface area contributed by atoms with Crippen LogP contribution in [0, 0.1) is 5.41 Å². The van der Waals surface area contributed by atoms with E-state index in [1.54, 1.807) is 0 Å². The van der Waals surface area contributed by atoms with E-state index in [0.717, 1.165) is 19.4 Å². The maximum Gasteiger partial charge on any atom is 0.235 e. The van der Waals surface area contributed by atoms with Crippen LogP contribution in [0.25, 0.3) is 0 Å². The molecule has 19 heavy (non-hydrogen) atoms. The SMILES string of the molecule is CCOC1CCCN(C(=O)C(CC)(CC)C(N)=S)C1. The lowest BCUT2D eigenvalue weighted by Gasteiger charge is -2.39. The Kier molecular flexibility index (Phi) is 6.20. The summed E-state index contributed by atoms with van der Waals surface area (Å²) in [4.78, 5) is 15.0. The Morgan fingerprint density at radius 1 is 1.42 bits per heavy atom. The highest BCUT2D eigenvalue weighted by atomic mass is 32.1. The van der Waals surface area contributed by atoms with Crippen LogP contribution < -0.4 is 5.73 Å².